The number of rotatable bonds is 3. The van der Waals surface area contributed by atoms with Gasteiger partial charge in [0.2, 0.25) is 5.91 Å². The summed E-state index contributed by atoms with van der Waals surface area (Å²) in [5.41, 5.74) is 1.00. The SMILES string of the molecule is O=C(NCCI)C1COc2ccccc21. The summed E-state index contributed by atoms with van der Waals surface area (Å²) in [6.45, 7) is 1.19. The van der Waals surface area contributed by atoms with Crippen LogP contribution in [0.3, 0.4) is 0 Å². The highest BCUT2D eigenvalue weighted by Gasteiger charge is 2.29. The third kappa shape index (κ3) is 2.25. The van der Waals surface area contributed by atoms with Crippen molar-refractivity contribution in [3.05, 3.63) is 29.8 Å². The number of para-hydroxylation sites is 1. The number of ether oxygens (including phenoxy) is 1. The van der Waals surface area contributed by atoms with E-state index in [2.05, 4.69) is 27.9 Å². The van der Waals surface area contributed by atoms with Gasteiger partial charge in [0.05, 0.1) is 0 Å². The summed E-state index contributed by atoms with van der Waals surface area (Å²) in [5, 5.41) is 2.89. The van der Waals surface area contributed by atoms with Crippen molar-refractivity contribution in [3.8, 4) is 5.75 Å². The van der Waals surface area contributed by atoms with Crippen LogP contribution in [0.4, 0.5) is 0 Å². The Bertz CT molecular complexity index is 367. The van der Waals surface area contributed by atoms with Crippen LogP contribution in [-0.2, 0) is 4.79 Å². The molecule has 0 aromatic heterocycles. The molecule has 15 heavy (non-hydrogen) atoms. The van der Waals surface area contributed by atoms with Crippen LogP contribution in [0.2, 0.25) is 0 Å². The van der Waals surface area contributed by atoms with Crippen molar-refractivity contribution in [2.45, 2.75) is 5.92 Å². The first-order valence-electron chi connectivity index (χ1n) is 4.88. The van der Waals surface area contributed by atoms with Crippen molar-refractivity contribution in [2.24, 2.45) is 0 Å². The van der Waals surface area contributed by atoms with Crippen LogP contribution in [-0.4, -0.2) is 23.5 Å². The molecular formula is C11H12INO2. The number of carbonyl (C=O) groups is 1. The Hall–Kier alpha value is -0.780. The monoisotopic (exact) mass is 317 g/mol. The number of halogens is 1. The minimum Gasteiger partial charge on any atom is -0.492 e. The first-order chi connectivity index (χ1) is 7.33. The second-order valence-electron chi connectivity index (χ2n) is 3.38. The second-order valence-corrected chi connectivity index (χ2v) is 4.46. The minimum absolute atomic E-state index is 0.0663. The normalized spacial score (nSPS) is 18.1. The van der Waals surface area contributed by atoms with Gasteiger partial charge < -0.3 is 10.1 Å². The molecule has 1 N–H and O–H groups in total. The van der Waals surface area contributed by atoms with Crippen LogP contribution in [0.25, 0.3) is 0 Å². The molecule has 1 heterocycles. The number of carbonyl (C=O) groups excluding carboxylic acids is 1. The highest BCUT2D eigenvalue weighted by Crippen LogP contribution is 2.33. The molecule has 1 aromatic carbocycles. The van der Waals surface area contributed by atoms with Crippen molar-refractivity contribution in [2.75, 3.05) is 17.6 Å². The molecule has 80 valence electrons. The van der Waals surface area contributed by atoms with Gasteiger partial charge in [-0.2, -0.15) is 0 Å². The Morgan fingerprint density at radius 2 is 2.33 bits per heavy atom. The molecule has 0 saturated heterocycles. The van der Waals surface area contributed by atoms with Gasteiger partial charge in [-0.3, -0.25) is 4.79 Å². The summed E-state index contributed by atoms with van der Waals surface area (Å²) in [4.78, 5) is 11.8. The number of amides is 1. The van der Waals surface area contributed by atoms with E-state index >= 15 is 0 Å². The van der Waals surface area contributed by atoms with E-state index in [9.17, 15) is 4.79 Å². The van der Waals surface area contributed by atoms with E-state index in [0.29, 0.717) is 6.61 Å². The lowest BCUT2D eigenvalue weighted by Gasteiger charge is -2.08. The van der Waals surface area contributed by atoms with Crippen LogP contribution in [0, 0.1) is 0 Å². The number of hydrogen-bond donors (Lipinski definition) is 1. The molecule has 1 atom stereocenters. The van der Waals surface area contributed by atoms with Gasteiger partial charge in [0.25, 0.3) is 0 Å². The van der Waals surface area contributed by atoms with Crippen molar-refractivity contribution in [1.82, 2.24) is 5.32 Å². The number of fused-ring (bicyclic) bond motifs is 1. The summed E-state index contributed by atoms with van der Waals surface area (Å²) in [5.74, 6) is 0.771. The van der Waals surface area contributed by atoms with Gasteiger partial charge in [-0.1, -0.05) is 40.8 Å². The zero-order valence-corrected chi connectivity index (χ0v) is 10.4. The maximum absolute atomic E-state index is 11.8. The van der Waals surface area contributed by atoms with Crippen LogP contribution in [0.1, 0.15) is 11.5 Å². The van der Waals surface area contributed by atoms with Crippen LogP contribution in [0.5, 0.6) is 5.75 Å². The molecule has 0 saturated carbocycles. The highest BCUT2D eigenvalue weighted by atomic mass is 127. The fraction of sp³-hybridized carbons (Fsp3) is 0.364. The highest BCUT2D eigenvalue weighted by molar-refractivity contribution is 14.1. The lowest BCUT2D eigenvalue weighted by molar-refractivity contribution is -0.122. The van der Waals surface area contributed by atoms with E-state index in [4.69, 9.17) is 4.74 Å². The third-order valence-corrected chi connectivity index (χ3v) is 2.95. The Balaban J connectivity index is 2.10. The fourth-order valence-corrected chi connectivity index (χ4v) is 1.94. The van der Waals surface area contributed by atoms with Crippen LogP contribution < -0.4 is 10.1 Å². The van der Waals surface area contributed by atoms with E-state index in [1.807, 2.05) is 24.3 Å². The summed E-state index contributed by atoms with van der Waals surface area (Å²) in [6.07, 6.45) is 0. The van der Waals surface area contributed by atoms with Gasteiger partial charge in [0, 0.05) is 16.5 Å². The first kappa shape index (κ1) is 10.7. The van der Waals surface area contributed by atoms with Crippen molar-refractivity contribution in [3.63, 3.8) is 0 Å². The smallest absolute Gasteiger partial charge is 0.231 e. The predicted octanol–water partition coefficient (Wildman–Crippen LogP) is 1.71. The molecule has 4 heteroatoms. The molecule has 1 aromatic rings. The molecule has 0 spiro atoms. The molecule has 0 radical (unpaired) electrons. The van der Waals surface area contributed by atoms with E-state index in [1.165, 1.54) is 0 Å². The summed E-state index contributed by atoms with van der Waals surface area (Å²) in [7, 11) is 0. The summed E-state index contributed by atoms with van der Waals surface area (Å²) < 4.78 is 6.38. The van der Waals surface area contributed by atoms with Gasteiger partial charge in [-0.05, 0) is 6.07 Å². The Labute approximate surface area is 102 Å². The van der Waals surface area contributed by atoms with Crippen molar-refractivity contribution < 1.29 is 9.53 Å². The van der Waals surface area contributed by atoms with Gasteiger partial charge in [-0.25, -0.2) is 0 Å². The van der Waals surface area contributed by atoms with E-state index < -0.39 is 0 Å². The largest absolute Gasteiger partial charge is 0.492 e. The number of alkyl halides is 1. The lowest BCUT2D eigenvalue weighted by atomic mass is 10.0. The maximum atomic E-state index is 11.8. The van der Waals surface area contributed by atoms with Crippen LogP contribution >= 0.6 is 22.6 Å². The lowest BCUT2D eigenvalue weighted by Crippen LogP contribution is -2.31. The molecule has 0 bridgehead atoms. The molecule has 0 aliphatic carbocycles. The molecule has 1 aliphatic heterocycles. The van der Waals surface area contributed by atoms with Gasteiger partial charge in [0.15, 0.2) is 0 Å². The Morgan fingerprint density at radius 3 is 3.13 bits per heavy atom. The van der Waals surface area contributed by atoms with E-state index in [-0.39, 0.29) is 11.8 Å². The number of benzene rings is 1. The second kappa shape index (κ2) is 4.83. The molecule has 1 aliphatic rings. The molecule has 1 amide bonds. The molecule has 1 unspecified atom stereocenters. The van der Waals surface area contributed by atoms with Gasteiger partial charge in [0.1, 0.15) is 18.3 Å². The number of nitrogens with one attached hydrogen (secondary N) is 1. The van der Waals surface area contributed by atoms with Gasteiger partial charge in [-0.15, -0.1) is 0 Å². The Kier molecular flexibility index (Phi) is 3.45. The molecule has 2 rings (SSSR count). The zero-order valence-electron chi connectivity index (χ0n) is 8.20. The van der Waals surface area contributed by atoms with Crippen molar-refractivity contribution in [1.29, 1.82) is 0 Å². The van der Waals surface area contributed by atoms with E-state index in [1.54, 1.807) is 0 Å². The third-order valence-electron chi connectivity index (χ3n) is 2.41. The first-order valence-corrected chi connectivity index (χ1v) is 6.41. The summed E-state index contributed by atoms with van der Waals surface area (Å²) >= 11 is 2.24. The predicted molar refractivity (Wildman–Crippen MR) is 66.6 cm³/mol. The standard InChI is InChI=1S/C11H12INO2/c12-5-6-13-11(14)9-7-15-10-4-2-1-3-8(9)10/h1-4,9H,5-7H2,(H,13,14). The molecular weight excluding hydrogens is 305 g/mol. The van der Waals surface area contributed by atoms with Crippen molar-refractivity contribution >= 4 is 28.5 Å². The summed E-state index contributed by atoms with van der Waals surface area (Å²) in [6, 6.07) is 7.72. The topological polar surface area (TPSA) is 38.3 Å². The number of hydrogen-bond acceptors (Lipinski definition) is 2. The zero-order chi connectivity index (χ0) is 10.7. The minimum atomic E-state index is -0.135. The molecule has 3 nitrogen and oxygen atoms in total. The molecule has 0 fully saturated rings. The fourth-order valence-electron chi connectivity index (χ4n) is 1.67. The van der Waals surface area contributed by atoms with E-state index in [0.717, 1.165) is 22.3 Å². The quantitative estimate of drug-likeness (QED) is 0.681. The maximum Gasteiger partial charge on any atom is 0.231 e. The van der Waals surface area contributed by atoms with Crippen LogP contribution in [0.15, 0.2) is 24.3 Å². The Morgan fingerprint density at radius 1 is 1.53 bits per heavy atom. The average molecular weight is 317 g/mol. The van der Waals surface area contributed by atoms with Gasteiger partial charge >= 0.3 is 0 Å². The average Bonchev–Trinajstić information content (AvgIpc) is 2.69.